The van der Waals surface area contributed by atoms with Gasteiger partial charge in [-0.15, -0.1) is 10.2 Å². The molecule has 1 heterocycles. The molecule has 0 aliphatic carbocycles. The van der Waals surface area contributed by atoms with Gasteiger partial charge in [-0.05, 0) is 47.9 Å². The van der Waals surface area contributed by atoms with E-state index >= 15 is 0 Å². The summed E-state index contributed by atoms with van der Waals surface area (Å²) in [5.74, 6) is 0.871. The number of aromatic nitrogens is 3. The third kappa shape index (κ3) is 5.66. The quantitative estimate of drug-likeness (QED) is 0.551. The Hall–Kier alpha value is -3.68. The monoisotopic (exact) mass is 408 g/mol. The van der Waals surface area contributed by atoms with Crippen molar-refractivity contribution in [3.63, 3.8) is 0 Å². The Morgan fingerprint density at radius 3 is 2.37 bits per heavy atom. The molecule has 0 radical (unpaired) electrons. The van der Waals surface area contributed by atoms with E-state index in [1.807, 2.05) is 38.1 Å². The first-order valence-electron chi connectivity index (χ1n) is 9.57. The first-order valence-corrected chi connectivity index (χ1v) is 9.57. The van der Waals surface area contributed by atoms with Gasteiger partial charge in [-0.25, -0.2) is 4.79 Å². The zero-order valence-corrected chi connectivity index (χ0v) is 17.1. The van der Waals surface area contributed by atoms with Crippen LogP contribution in [-0.2, 0) is 11.2 Å². The van der Waals surface area contributed by atoms with E-state index in [0.29, 0.717) is 30.0 Å². The minimum absolute atomic E-state index is 0.216. The van der Waals surface area contributed by atoms with Gasteiger partial charge in [0.05, 0.1) is 19.3 Å². The van der Waals surface area contributed by atoms with E-state index in [9.17, 15) is 9.59 Å². The topological polar surface area (TPSA) is 106 Å². The average Bonchev–Trinajstić information content (AvgIpc) is 2.75. The van der Waals surface area contributed by atoms with E-state index in [1.165, 1.54) is 0 Å². The Balaban J connectivity index is 1.63. The molecule has 0 unspecified atom stereocenters. The van der Waals surface area contributed by atoms with Crippen LogP contribution in [-0.4, -0.2) is 34.9 Å². The van der Waals surface area contributed by atoms with Gasteiger partial charge in [0, 0.05) is 12.1 Å². The SMILES string of the molecule is COc1ccc(Cc2nnc(Nc3ccc(C(=O)OCC(C)C)cc3)[nH]c2=O)cc1. The largest absolute Gasteiger partial charge is 0.497 e. The Labute approximate surface area is 174 Å². The second kappa shape index (κ2) is 9.69. The molecule has 0 bridgehead atoms. The van der Waals surface area contributed by atoms with Crippen LogP contribution < -0.4 is 15.6 Å². The molecular formula is C22H24N4O4. The molecule has 2 aromatic carbocycles. The molecule has 8 heteroatoms. The van der Waals surface area contributed by atoms with Crippen molar-refractivity contribution in [2.24, 2.45) is 5.92 Å². The first-order chi connectivity index (χ1) is 14.4. The number of H-pyrrole nitrogens is 1. The predicted molar refractivity (Wildman–Crippen MR) is 113 cm³/mol. The molecule has 3 rings (SSSR count). The van der Waals surface area contributed by atoms with Crippen LogP contribution in [0.1, 0.15) is 35.5 Å². The first kappa shape index (κ1) is 21.0. The molecule has 1 aromatic heterocycles. The van der Waals surface area contributed by atoms with Crippen LogP contribution >= 0.6 is 0 Å². The molecule has 0 saturated heterocycles. The van der Waals surface area contributed by atoms with E-state index in [2.05, 4.69) is 20.5 Å². The van der Waals surface area contributed by atoms with Gasteiger partial charge in [0.25, 0.3) is 5.56 Å². The molecule has 0 saturated carbocycles. The van der Waals surface area contributed by atoms with Crippen molar-refractivity contribution in [1.82, 2.24) is 15.2 Å². The number of methoxy groups -OCH3 is 1. The summed E-state index contributed by atoms with van der Waals surface area (Å²) in [6, 6.07) is 14.1. The standard InChI is InChI=1S/C22H24N4O4/c1-14(2)13-30-21(28)16-6-8-17(9-7-16)23-22-24-20(27)19(25-26-22)12-15-4-10-18(29-3)11-5-15/h4-11,14H,12-13H2,1-3H3,(H2,23,24,26,27). The molecule has 0 fully saturated rings. The van der Waals surface area contributed by atoms with E-state index in [-0.39, 0.29) is 23.4 Å². The van der Waals surface area contributed by atoms with Gasteiger partial charge in [0.2, 0.25) is 5.95 Å². The minimum Gasteiger partial charge on any atom is -0.497 e. The van der Waals surface area contributed by atoms with Crippen LogP contribution in [0.5, 0.6) is 5.75 Å². The smallest absolute Gasteiger partial charge is 0.338 e. The van der Waals surface area contributed by atoms with Gasteiger partial charge < -0.3 is 14.8 Å². The normalized spacial score (nSPS) is 10.7. The number of nitrogens with one attached hydrogen (secondary N) is 2. The average molecular weight is 408 g/mol. The summed E-state index contributed by atoms with van der Waals surface area (Å²) in [7, 11) is 1.60. The molecule has 0 amide bonds. The van der Waals surface area contributed by atoms with Gasteiger partial charge in [-0.2, -0.15) is 0 Å². The lowest BCUT2D eigenvalue weighted by Crippen LogP contribution is -2.18. The zero-order chi connectivity index (χ0) is 21.5. The van der Waals surface area contributed by atoms with Crippen LogP contribution in [0.3, 0.4) is 0 Å². The number of aromatic amines is 1. The summed E-state index contributed by atoms with van der Waals surface area (Å²) >= 11 is 0. The predicted octanol–water partition coefficient (Wildman–Crippen LogP) is 3.32. The molecule has 0 spiro atoms. The number of carbonyl (C=O) groups is 1. The molecule has 30 heavy (non-hydrogen) atoms. The fourth-order valence-electron chi connectivity index (χ4n) is 2.62. The lowest BCUT2D eigenvalue weighted by atomic mass is 10.1. The van der Waals surface area contributed by atoms with Gasteiger partial charge in [0.1, 0.15) is 11.4 Å². The summed E-state index contributed by atoms with van der Waals surface area (Å²) in [6.45, 7) is 4.33. The number of hydrogen-bond donors (Lipinski definition) is 2. The van der Waals surface area contributed by atoms with Gasteiger partial charge in [-0.1, -0.05) is 26.0 Å². The number of ether oxygens (including phenoxy) is 2. The lowest BCUT2D eigenvalue weighted by molar-refractivity contribution is 0.0459. The molecule has 0 aliphatic heterocycles. The van der Waals surface area contributed by atoms with Crippen LogP contribution in [0, 0.1) is 5.92 Å². The van der Waals surface area contributed by atoms with Gasteiger partial charge >= 0.3 is 5.97 Å². The molecular weight excluding hydrogens is 384 g/mol. The Morgan fingerprint density at radius 1 is 1.07 bits per heavy atom. The third-order valence-electron chi connectivity index (χ3n) is 4.23. The number of rotatable bonds is 8. The van der Waals surface area contributed by atoms with Crippen molar-refractivity contribution in [2.75, 3.05) is 19.0 Å². The fraction of sp³-hybridized carbons (Fsp3) is 0.273. The highest BCUT2D eigenvalue weighted by Gasteiger charge is 2.10. The zero-order valence-electron chi connectivity index (χ0n) is 17.1. The number of anilines is 2. The fourth-order valence-corrected chi connectivity index (χ4v) is 2.62. The highest BCUT2D eigenvalue weighted by molar-refractivity contribution is 5.89. The van der Waals surface area contributed by atoms with Crippen molar-refractivity contribution >= 4 is 17.6 Å². The number of benzene rings is 2. The van der Waals surface area contributed by atoms with Crippen LogP contribution in [0.25, 0.3) is 0 Å². The number of esters is 1. The van der Waals surface area contributed by atoms with E-state index in [1.54, 1.807) is 31.4 Å². The van der Waals surface area contributed by atoms with Gasteiger partial charge in [-0.3, -0.25) is 9.78 Å². The van der Waals surface area contributed by atoms with Crippen molar-refractivity contribution < 1.29 is 14.3 Å². The van der Waals surface area contributed by atoms with Crippen LogP contribution in [0.4, 0.5) is 11.6 Å². The van der Waals surface area contributed by atoms with Crippen LogP contribution in [0.15, 0.2) is 53.3 Å². The highest BCUT2D eigenvalue weighted by atomic mass is 16.5. The van der Waals surface area contributed by atoms with Crippen molar-refractivity contribution in [1.29, 1.82) is 0 Å². The van der Waals surface area contributed by atoms with Crippen molar-refractivity contribution in [2.45, 2.75) is 20.3 Å². The number of hydrogen-bond acceptors (Lipinski definition) is 7. The van der Waals surface area contributed by atoms with E-state index < -0.39 is 0 Å². The molecule has 0 aliphatic rings. The maximum atomic E-state index is 12.3. The molecule has 2 N–H and O–H groups in total. The Morgan fingerprint density at radius 2 is 1.77 bits per heavy atom. The maximum Gasteiger partial charge on any atom is 0.338 e. The molecule has 0 atom stereocenters. The summed E-state index contributed by atoms with van der Waals surface area (Å²) in [5.41, 5.74) is 2.03. The number of nitrogens with zero attached hydrogens (tertiary/aromatic N) is 2. The Kier molecular flexibility index (Phi) is 6.79. The maximum absolute atomic E-state index is 12.3. The third-order valence-corrected chi connectivity index (χ3v) is 4.23. The summed E-state index contributed by atoms with van der Waals surface area (Å²) < 4.78 is 10.3. The Bertz CT molecular complexity index is 1040. The van der Waals surface area contributed by atoms with Gasteiger partial charge in [0.15, 0.2) is 0 Å². The second-order valence-corrected chi connectivity index (χ2v) is 7.17. The molecule has 3 aromatic rings. The molecule has 156 valence electrons. The lowest BCUT2D eigenvalue weighted by Gasteiger charge is -2.08. The summed E-state index contributed by atoms with van der Waals surface area (Å²) in [6.07, 6.45) is 0.361. The summed E-state index contributed by atoms with van der Waals surface area (Å²) in [4.78, 5) is 27.0. The highest BCUT2D eigenvalue weighted by Crippen LogP contribution is 2.15. The van der Waals surface area contributed by atoms with E-state index in [0.717, 1.165) is 11.3 Å². The number of carbonyl (C=O) groups excluding carboxylic acids is 1. The van der Waals surface area contributed by atoms with E-state index in [4.69, 9.17) is 9.47 Å². The summed E-state index contributed by atoms with van der Waals surface area (Å²) in [5, 5.41) is 11.0. The second-order valence-electron chi connectivity index (χ2n) is 7.17. The molecule has 8 nitrogen and oxygen atoms in total. The van der Waals surface area contributed by atoms with Crippen molar-refractivity contribution in [3.8, 4) is 5.75 Å². The van der Waals surface area contributed by atoms with Crippen LogP contribution in [0.2, 0.25) is 0 Å². The minimum atomic E-state index is -0.369. The van der Waals surface area contributed by atoms with Crippen molar-refractivity contribution in [3.05, 3.63) is 75.7 Å².